The van der Waals surface area contributed by atoms with Crippen LogP contribution in [0.1, 0.15) is 41.4 Å². The van der Waals surface area contributed by atoms with Crippen molar-refractivity contribution in [2.75, 3.05) is 0 Å². The number of furan rings is 1. The van der Waals surface area contributed by atoms with E-state index in [2.05, 4.69) is 5.32 Å². The van der Waals surface area contributed by atoms with E-state index in [-0.39, 0.29) is 12.8 Å². The minimum Gasteiger partial charge on any atom is -0.480 e. The summed E-state index contributed by atoms with van der Waals surface area (Å²) < 4.78 is 11.4. The lowest BCUT2D eigenvalue weighted by atomic mass is 9.98. The van der Waals surface area contributed by atoms with Crippen LogP contribution < -0.4 is 10.9 Å². The van der Waals surface area contributed by atoms with Gasteiger partial charge in [0, 0.05) is 28.3 Å². The van der Waals surface area contributed by atoms with E-state index in [9.17, 15) is 14.4 Å². The van der Waals surface area contributed by atoms with Crippen LogP contribution in [0.5, 0.6) is 0 Å². The molecule has 7 nitrogen and oxygen atoms in total. The normalized spacial score (nSPS) is 12.5. The van der Waals surface area contributed by atoms with Crippen LogP contribution in [-0.4, -0.2) is 23.0 Å². The summed E-state index contributed by atoms with van der Waals surface area (Å²) in [6, 6.07) is 0.975. The number of hydrogen-bond acceptors (Lipinski definition) is 5. The molecule has 0 aliphatic heterocycles. The van der Waals surface area contributed by atoms with Gasteiger partial charge < -0.3 is 19.3 Å². The standard InChI is InChI=1S/C21H23NO6/c1-9-13(5)27-18-11(3)19-16(8-15(9)18)10(2)14(21(26)28-19)6-7-17(23)22-12(4)20(24)25/h8,12H,6-7H2,1-5H3,(H,22,23)(H,24,25)/t12-/m1/s1. The summed E-state index contributed by atoms with van der Waals surface area (Å²) >= 11 is 0. The van der Waals surface area contributed by atoms with Crippen molar-refractivity contribution in [2.24, 2.45) is 0 Å². The molecular weight excluding hydrogens is 362 g/mol. The van der Waals surface area contributed by atoms with Gasteiger partial charge in [-0.2, -0.15) is 0 Å². The van der Waals surface area contributed by atoms with Gasteiger partial charge >= 0.3 is 11.6 Å². The van der Waals surface area contributed by atoms with Crippen LogP contribution in [-0.2, 0) is 16.0 Å². The van der Waals surface area contributed by atoms with Crippen molar-refractivity contribution in [3.63, 3.8) is 0 Å². The first-order chi connectivity index (χ1) is 13.1. The monoisotopic (exact) mass is 385 g/mol. The second-order valence-corrected chi connectivity index (χ2v) is 7.16. The molecule has 3 rings (SSSR count). The fourth-order valence-corrected chi connectivity index (χ4v) is 3.40. The lowest BCUT2D eigenvalue weighted by molar-refractivity contribution is -0.141. The van der Waals surface area contributed by atoms with Gasteiger partial charge in [-0.05, 0) is 58.2 Å². The fourth-order valence-electron chi connectivity index (χ4n) is 3.40. The molecule has 0 saturated carbocycles. The molecule has 0 aliphatic rings. The van der Waals surface area contributed by atoms with E-state index >= 15 is 0 Å². The molecule has 7 heteroatoms. The molecule has 2 heterocycles. The molecule has 0 bridgehead atoms. The summed E-state index contributed by atoms with van der Waals surface area (Å²) in [4.78, 5) is 35.4. The predicted molar refractivity (Wildman–Crippen MR) is 105 cm³/mol. The number of aryl methyl sites for hydroxylation is 4. The van der Waals surface area contributed by atoms with Crippen molar-refractivity contribution in [3.05, 3.63) is 44.5 Å². The van der Waals surface area contributed by atoms with Crippen LogP contribution >= 0.6 is 0 Å². The van der Waals surface area contributed by atoms with E-state index in [0.29, 0.717) is 16.7 Å². The average molecular weight is 385 g/mol. The number of carbonyl (C=O) groups is 2. The second-order valence-electron chi connectivity index (χ2n) is 7.16. The number of benzene rings is 1. The topological polar surface area (TPSA) is 110 Å². The quantitative estimate of drug-likeness (QED) is 0.652. The molecule has 0 fully saturated rings. The van der Waals surface area contributed by atoms with Gasteiger partial charge in [0.2, 0.25) is 5.91 Å². The lowest BCUT2D eigenvalue weighted by Gasteiger charge is -2.11. The Bertz CT molecular complexity index is 1170. The number of aliphatic carboxylic acids is 1. The zero-order chi connectivity index (χ0) is 20.7. The Hall–Kier alpha value is -3.09. The number of nitrogens with one attached hydrogen (secondary N) is 1. The molecule has 0 saturated heterocycles. The smallest absolute Gasteiger partial charge is 0.339 e. The molecular formula is C21H23NO6. The highest BCUT2D eigenvalue weighted by atomic mass is 16.4. The number of amides is 1. The first-order valence-corrected chi connectivity index (χ1v) is 9.09. The Morgan fingerprint density at radius 2 is 1.64 bits per heavy atom. The first kappa shape index (κ1) is 19.7. The molecule has 28 heavy (non-hydrogen) atoms. The van der Waals surface area contributed by atoms with Gasteiger partial charge in [-0.15, -0.1) is 0 Å². The Labute approximate surface area is 161 Å². The molecule has 2 aromatic heterocycles. The highest BCUT2D eigenvalue weighted by molar-refractivity contribution is 6.00. The van der Waals surface area contributed by atoms with Crippen molar-refractivity contribution in [3.8, 4) is 0 Å². The summed E-state index contributed by atoms with van der Waals surface area (Å²) in [5, 5.41) is 13.0. The number of hydrogen-bond donors (Lipinski definition) is 2. The SMILES string of the molecule is Cc1oc2c(C)c3oc(=O)c(CCC(=O)N[C@H](C)C(=O)O)c(C)c3cc2c1C. The molecule has 1 aromatic carbocycles. The van der Waals surface area contributed by atoms with Crippen LogP contribution in [0, 0.1) is 27.7 Å². The van der Waals surface area contributed by atoms with E-state index in [1.54, 1.807) is 0 Å². The zero-order valence-electron chi connectivity index (χ0n) is 16.6. The first-order valence-electron chi connectivity index (χ1n) is 9.09. The highest BCUT2D eigenvalue weighted by Crippen LogP contribution is 2.34. The fraction of sp³-hybridized carbons (Fsp3) is 0.381. The molecule has 2 N–H and O–H groups in total. The Balaban J connectivity index is 2.01. The van der Waals surface area contributed by atoms with Crippen molar-refractivity contribution in [1.82, 2.24) is 5.32 Å². The molecule has 0 aliphatic carbocycles. The summed E-state index contributed by atoms with van der Waals surface area (Å²) in [7, 11) is 0. The van der Waals surface area contributed by atoms with Crippen molar-refractivity contribution in [2.45, 2.75) is 53.5 Å². The van der Waals surface area contributed by atoms with Crippen molar-refractivity contribution < 1.29 is 23.5 Å². The number of carboxylic acid groups (broad SMARTS) is 1. The van der Waals surface area contributed by atoms with E-state index in [4.69, 9.17) is 13.9 Å². The Morgan fingerprint density at radius 3 is 2.29 bits per heavy atom. The van der Waals surface area contributed by atoms with Gasteiger partial charge in [-0.3, -0.25) is 9.59 Å². The van der Waals surface area contributed by atoms with Gasteiger partial charge in [-0.25, -0.2) is 4.79 Å². The molecule has 3 aromatic rings. The van der Waals surface area contributed by atoms with Crippen LogP contribution in [0.3, 0.4) is 0 Å². The summed E-state index contributed by atoms with van der Waals surface area (Å²) in [5.41, 5.74) is 3.68. The highest BCUT2D eigenvalue weighted by Gasteiger charge is 2.20. The van der Waals surface area contributed by atoms with Crippen molar-refractivity contribution >= 4 is 33.8 Å². The van der Waals surface area contributed by atoms with E-state index in [1.165, 1.54) is 6.92 Å². The molecule has 1 amide bonds. The summed E-state index contributed by atoms with van der Waals surface area (Å²) in [6.45, 7) is 8.95. The third-order valence-corrected chi connectivity index (χ3v) is 5.29. The van der Waals surface area contributed by atoms with Gasteiger partial charge in [0.1, 0.15) is 23.0 Å². The van der Waals surface area contributed by atoms with Crippen LogP contribution in [0.2, 0.25) is 0 Å². The van der Waals surface area contributed by atoms with Gasteiger partial charge in [-0.1, -0.05) is 0 Å². The third kappa shape index (κ3) is 3.28. The number of carboxylic acids is 1. The van der Waals surface area contributed by atoms with Crippen LogP contribution in [0.15, 0.2) is 19.7 Å². The number of rotatable bonds is 5. The van der Waals surface area contributed by atoms with Gasteiger partial charge in [0.25, 0.3) is 0 Å². The minimum absolute atomic E-state index is 0.000199. The number of carbonyl (C=O) groups excluding carboxylic acids is 1. The number of fused-ring (bicyclic) bond motifs is 2. The third-order valence-electron chi connectivity index (χ3n) is 5.29. The largest absolute Gasteiger partial charge is 0.480 e. The molecule has 0 radical (unpaired) electrons. The molecule has 0 unspecified atom stereocenters. The maximum atomic E-state index is 12.5. The molecule has 0 spiro atoms. The van der Waals surface area contributed by atoms with E-state index in [0.717, 1.165) is 33.2 Å². The molecule has 1 atom stereocenters. The Kier molecular flexibility index (Phi) is 5.02. The summed E-state index contributed by atoms with van der Waals surface area (Å²) in [6.07, 6.45) is 0.169. The van der Waals surface area contributed by atoms with E-state index in [1.807, 2.05) is 33.8 Å². The maximum absolute atomic E-state index is 12.5. The molecule has 148 valence electrons. The minimum atomic E-state index is -1.11. The van der Waals surface area contributed by atoms with Gasteiger partial charge in [0.05, 0.1) is 0 Å². The second kappa shape index (κ2) is 7.14. The Morgan fingerprint density at radius 1 is 1.04 bits per heavy atom. The van der Waals surface area contributed by atoms with Crippen LogP contribution in [0.4, 0.5) is 0 Å². The van der Waals surface area contributed by atoms with Crippen molar-refractivity contribution in [1.29, 1.82) is 0 Å². The predicted octanol–water partition coefficient (Wildman–Crippen LogP) is 3.29. The van der Waals surface area contributed by atoms with Gasteiger partial charge in [0.15, 0.2) is 0 Å². The zero-order valence-corrected chi connectivity index (χ0v) is 16.6. The van der Waals surface area contributed by atoms with Crippen LogP contribution in [0.25, 0.3) is 21.9 Å². The van der Waals surface area contributed by atoms with E-state index < -0.39 is 23.5 Å². The lowest BCUT2D eigenvalue weighted by Crippen LogP contribution is -2.38. The summed E-state index contributed by atoms with van der Waals surface area (Å²) in [5.74, 6) is -0.723. The average Bonchev–Trinajstić information content (AvgIpc) is 2.91. The maximum Gasteiger partial charge on any atom is 0.339 e.